The van der Waals surface area contributed by atoms with E-state index in [1.807, 2.05) is 6.92 Å². The fourth-order valence-corrected chi connectivity index (χ4v) is 5.38. The van der Waals surface area contributed by atoms with Gasteiger partial charge in [0.05, 0.1) is 16.9 Å². The molecule has 0 fully saturated rings. The molecule has 6 nitrogen and oxygen atoms in total. The van der Waals surface area contributed by atoms with Gasteiger partial charge in [-0.3, -0.25) is 9.59 Å². The van der Waals surface area contributed by atoms with Crippen LogP contribution in [0.4, 0.5) is 9.39 Å². The van der Waals surface area contributed by atoms with E-state index in [0.717, 1.165) is 17.7 Å². The van der Waals surface area contributed by atoms with Crippen LogP contribution in [0.3, 0.4) is 0 Å². The first-order valence-electron chi connectivity index (χ1n) is 8.45. The van der Waals surface area contributed by atoms with E-state index >= 15 is 0 Å². The topological polar surface area (TPSA) is 106 Å². The molecule has 9 heteroatoms. The number of halogens is 1. The van der Waals surface area contributed by atoms with Gasteiger partial charge in [-0.1, -0.05) is 42.0 Å². The highest BCUT2D eigenvalue weighted by molar-refractivity contribution is 7.92. The average molecular weight is 432 g/mol. The Kier molecular flexibility index (Phi) is 5.81. The molecule has 0 aliphatic carbocycles. The SMILES string of the molecule is Cc1ccc(CS(=O)(=O)c2cc(C(N)=O)c(NC(=O)c3ccccc3F)s2)cc1. The third-order valence-corrected chi connectivity index (χ3v) is 7.41. The highest BCUT2D eigenvalue weighted by atomic mass is 32.2. The summed E-state index contributed by atoms with van der Waals surface area (Å²) >= 11 is 0.703. The van der Waals surface area contributed by atoms with Crippen molar-refractivity contribution >= 4 is 38.0 Å². The van der Waals surface area contributed by atoms with E-state index in [1.54, 1.807) is 24.3 Å². The molecule has 150 valence electrons. The second-order valence-electron chi connectivity index (χ2n) is 6.35. The summed E-state index contributed by atoms with van der Waals surface area (Å²) in [6.45, 7) is 1.89. The quantitative estimate of drug-likeness (QED) is 0.621. The fraction of sp³-hybridized carbons (Fsp3) is 0.100. The monoisotopic (exact) mass is 432 g/mol. The van der Waals surface area contributed by atoms with E-state index < -0.39 is 27.5 Å². The summed E-state index contributed by atoms with van der Waals surface area (Å²) in [4.78, 5) is 24.1. The lowest BCUT2D eigenvalue weighted by molar-refractivity contribution is 0.100. The van der Waals surface area contributed by atoms with Crippen LogP contribution in [0.1, 0.15) is 31.8 Å². The number of nitrogens with two attached hydrogens (primary N) is 1. The van der Waals surface area contributed by atoms with Gasteiger partial charge in [-0.25, -0.2) is 12.8 Å². The molecule has 0 unspecified atom stereocenters. The summed E-state index contributed by atoms with van der Waals surface area (Å²) < 4.78 is 39.2. The first kappa shape index (κ1) is 20.7. The van der Waals surface area contributed by atoms with Crippen molar-refractivity contribution in [1.82, 2.24) is 0 Å². The lowest BCUT2D eigenvalue weighted by atomic mass is 10.2. The molecular formula is C20H17FN2O4S2. The number of hydrogen-bond acceptors (Lipinski definition) is 5. The van der Waals surface area contributed by atoms with Gasteiger partial charge in [0, 0.05) is 0 Å². The molecule has 3 aromatic rings. The fourth-order valence-electron chi connectivity index (χ4n) is 2.59. The molecule has 0 spiro atoms. The molecule has 2 amide bonds. The number of anilines is 1. The van der Waals surface area contributed by atoms with E-state index in [-0.39, 0.29) is 26.1 Å². The van der Waals surface area contributed by atoms with Crippen LogP contribution in [0, 0.1) is 12.7 Å². The van der Waals surface area contributed by atoms with Crippen LogP contribution in [0.25, 0.3) is 0 Å². The standard InChI is InChI=1S/C20H17FN2O4S2/c1-12-6-8-13(9-7-12)11-29(26,27)17-10-15(18(22)24)20(28-17)23-19(25)14-4-2-3-5-16(14)21/h2-10H,11H2,1H3,(H2,22,24)(H,23,25). The summed E-state index contributed by atoms with van der Waals surface area (Å²) in [6.07, 6.45) is 0. The highest BCUT2D eigenvalue weighted by Gasteiger charge is 2.25. The third-order valence-electron chi connectivity index (χ3n) is 4.10. The zero-order valence-electron chi connectivity index (χ0n) is 15.3. The first-order valence-corrected chi connectivity index (χ1v) is 10.9. The lowest BCUT2D eigenvalue weighted by Crippen LogP contribution is -2.17. The molecule has 0 atom stereocenters. The van der Waals surface area contributed by atoms with Crippen molar-refractivity contribution in [2.24, 2.45) is 5.73 Å². The molecule has 0 bridgehead atoms. The smallest absolute Gasteiger partial charge is 0.259 e. The van der Waals surface area contributed by atoms with Gasteiger partial charge in [-0.2, -0.15) is 0 Å². The molecule has 1 aromatic heterocycles. The van der Waals surface area contributed by atoms with E-state index in [1.165, 1.54) is 18.2 Å². The zero-order valence-corrected chi connectivity index (χ0v) is 16.9. The highest BCUT2D eigenvalue weighted by Crippen LogP contribution is 2.33. The van der Waals surface area contributed by atoms with Gasteiger partial charge in [-0.15, -0.1) is 11.3 Å². The van der Waals surface area contributed by atoms with Crippen molar-refractivity contribution in [2.75, 3.05) is 5.32 Å². The Hall–Kier alpha value is -3.04. The van der Waals surface area contributed by atoms with Crippen molar-refractivity contribution in [3.8, 4) is 0 Å². The number of sulfone groups is 1. The van der Waals surface area contributed by atoms with Crippen LogP contribution in [0.15, 0.2) is 58.8 Å². The zero-order chi connectivity index (χ0) is 21.2. The van der Waals surface area contributed by atoms with Gasteiger partial charge in [0.15, 0.2) is 9.84 Å². The van der Waals surface area contributed by atoms with Crippen molar-refractivity contribution in [2.45, 2.75) is 16.9 Å². The number of aryl methyl sites for hydroxylation is 1. The molecule has 2 aromatic carbocycles. The Morgan fingerprint density at radius 2 is 1.72 bits per heavy atom. The predicted octanol–water partition coefficient (Wildman–Crippen LogP) is 3.52. The maximum atomic E-state index is 13.8. The van der Waals surface area contributed by atoms with E-state index in [0.29, 0.717) is 16.9 Å². The summed E-state index contributed by atoms with van der Waals surface area (Å²) in [5.41, 5.74) is 6.53. The van der Waals surface area contributed by atoms with Crippen LogP contribution >= 0.6 is 11.3 Å². The van der Waals surface area contributed by atoms with Crippen molar-refractivity contribution < 1.29 is 22.4 Å². The molecule has 0 saturated heterocycles. The molecule has 1 heterocycles. The van der Waals surface area contributed by atoms with Crippen LogP contribution in [0.2, 0.25) is 0 Å². The number of rotatable bonds is 6. The van der Waals surface area contributed by atoms with Crippen LogP contribution < -0.4 is 11.1 Å². The average Bonchev–Trinajstić information content (AvgIpc) is 3.09. The summed E-state index contributed by atoms with van der Waals surface area (Å²) in [5.74, 6) is -2.72. The van der Waals surface area contributed by atoms with Gasteiger partial charge in [0.1, 0.15) is 15.0 Å². The molecule has 0 radical (unpaired) electrons. The van der Waals surface area contributed by atoms with E-state index in [4.69, 9.17) is 5.73 Å². The predicted molar refractivity (Wildman–Crippen MR) is 109 cm³/mol. The second-order valence-corrected chi connectivity index (χ2v) is 9.62. The van der Waals surface area contributed by atoms with E-state index in [9.17, 15) is 22.4 Å². The minimum Gasteiger partial charge on any atom is -0.366 e. The van der Waals surface area contributed by atoms with Crippen LogP contribution in [-0.2, 0) is 15.6 Å². The maximum Gasteiger partial charge on any atom is 0.259 e. The van der Waals surface area contributed by atoms with Gasteiger partial charge in [0.25, 0.3) is 11.8 Å². The Balaban J connectivity index is 1.92. The number of primary amides is 1. The number of benzene rings is 2. The number of hydrogen-bond donors (Lipinski definition) is 2. The van der Waals surface area contributed by atoms with Crippen LogP contribution in [-0.4, -0.2) is 20.2 Å². The molecule has 0 aliphatic heterocycles. The van der Waals surface area contributed by atoms with Gasteiger partial charge < -0.3 is 11.1 Å². The molecule has 3 N–H and O–H groups in total. The Morgan fingerprint density at radius 3 is 2.34 bits per heavy atom. The third kappa shape index (κ3) is 4.69. The molecule has 3 rings (SSSR count). The van der Waals surface area contributed by atoms with Gasteiger partial charge in [0.2, 0.25) is 0 Å². The number of carbonyl (C=O) groups excluding carboxylic acids is 2. The molecule has 0 aliphatic rings. The summed E-state index contributed by atoms with van der Waals surface area (Å²) in [6, 6.07) is 13.5. The number of carbonyl (C=O) groups is 2. The van der Waals surface area contributed by atoms with Crippen LogP contribution in [0.5, 0.6) is 0 Å². The van der Waals surface area contributed by atoms with Gasteiger partial charge >= 0.3 is 0 Å². The Morgan fingerprint density at radius 1 is 1.07 bits per heavy atom. The number of nitrogens with one attached hydrogen (secondary N) is 1. The van der Waals surface area contributed by atoms with Crippen molar-refractivity contribution in [3.63, 3.8) is 0 Å². The van der Waals surface area contributed by atoms with Crippen molar-refractivity contribution in [3.05, 3.63) is 82.7 Å². The Labute approximate surface area is 171 Å². The minimum absolute atomic E-state index is 0.0479. The maximum absolute atomic E-state index is 13.8. The Bertz CT molecular complexity index is 1190. The molecular weight excluding hydrogens is 415 g/mol. The van der Waals surface area contributed by atoms with Gasteiger partial charge in [-0.05, 0) is 30.7 Å². The lowest BCUT2D eigenvalue weighted by Gasteiger charge is -2.05. The summed E-state index contributed by atoms with van der Waals surface area (Å²) in [7, 11) is -3.78. The molecule has 0 saturated carbocycles. The minimum atomic E-state index is -3.78. The second kappa shape index (κ2) is 8.14. The first-order chi connectivity index (χ1) is 13.7. The number of thiophene rings is 1. The largest absolute Gasteiger partial charge is 0.366 e. The number of amides is 2. The molecule has 29 heavy (non-hydrogen) atoms. The van der Waals surface area contributed by atoms with E-state index in [2.05, 4.69) is 5.32 Å². The van der Waals surface area contributed by atoms with Crippen molar-refractivity contribution in [1.29, 1.82) is 0 Å². The normalized spacial score (nSPS) is 11.2. The summed E-state index contributed by atoms with van der Waals surface area (Å²) in [5, 5.41) is 2.34.